The van der Waals surface area contributed by atoms with Gasteiger partial charge in [0.25, 0.3) is 0 Å². The van der Waals surface area contributed by atoms with Crippen LogP contribution in [0.5, 0.6) is 0 Å². The SMILES string of the molecule is CC(N)c1ccc(Sc2ccncc2)cc1. The van der Waals surface area contributed by atoms with Crippen LogP contribution in [0.1, 0.15) is 18.5 Å². The van der Waals surface area contributed by atoms with Crippen LogP contribution in [0, 0.1) is 0 Å². The third-order valence-corrected chi connectivity index (χ3v) is 3.31. The highest BCUT2D eigenvalue weighted by atomic mass is 32.2. The van der Waals surface area contributed by atoms with Crippen molar-refractivity contribution >= 4 is 11.8 Å². The summed E-state index contributed by atoms with van der Waals surface area (Å²) >= 11 is 1.73. The van der Waals surface area contributed by atoms with Gasteiger partial charge in [-0.3, -0.25) is 4.98 Å². The van der Waals surface area contributed by atoms with Crippen molar-refractivity contribution in [3.63, 3.8) is 0 Å². The zero-order chi connectivity index (χ0) is 11.4. The molecule has 0 aliphatic heterocycles. The van der Waals surface area contributed by atoms with E-state index >= 15 is 0 Å². The lowest BCUT2D eigenvalue weighted by Crippen LogP contribution is -2.04. The van der Waals surface area contributed by atoms with Gasteiger partial charge < -0.3 is 5.73 Å². The van der Waals surface area contributed by atoms with Gasteiger partial charge in [0.15, 0.2) is 0 Å². The molecule has 3 heteroatoms. The first-order valence-electron chi connectivity index (χ1n) is 5.19. The Bertz CT molecular complexity index is 437. The van der Waals surface area contributed by atoms with Crippen molar-refractivity contribution in [1.82, 2.24) is 4.98 Å². The molecule has 1 unspecified atom stereocenters. The minimum atomic E-state index is 0.0972. The zero-order valence-electron chi connectivity index (χ0n) is 9.13. The molecule has 2 N–H and O–H groups in total. The first kappa shape index (κ1) is 11.2. The summed E-state index contributed by atoms with van der Waals surface area (Å²) < 4.78 is 0. The van der Waals surface area contributed by atoms with Gasteiger partial charge in [0.1, 0.15) is 0 Å². The van der Waals surface area contributed by atoms with Crippen LogP contribution in [-0.4, -0.2) is 4.98 Å². The largest absolute Gasteiger partial charge is 0.324 e. The van der Waals surface area contributed by atoms with E-state index in [9.17, 15) is 0 Å². The van der Waals surface area contributed by atoms with Crippen LogP contribution in [0.2, 0.25) is 0 Å². The quantitative estimate of drug-likeness (QED) is 0.879. The molecule has 1 aromatic heterocycles. The van der Waals surface area contributed by atoms with Crippen molar-refractivity contribution in [1.29, 1.82) is 0 Å². The van der Waals surface area contributed by atoms with E-state index in [0.29, 0.717) is 0 Å². The molecular formula is C13H14N2S. The molecule has 1 heterocycles. The van der Waals surface area contributed by atoms with E-state index in [1.165, 1.54) is 15.4 Å². The molecule has 2 nitrogen and oxygen atoms in total. The Balaban J connectivity index is 2.11. The molecular weight excluding hydrogens is 216 g/mol. The van der Waals surface area contributed by atoms with Crippen molar-refractivity contribution in [2.24, 2.45) is 5.73 Å². The summed E-state index contributed by atoms with van der Waals surface area (Å²) in [5.74, 6) is 0. The molecule has 0 aliphatic rings. The van der Waals surface area contributed by atoms with Crippen molar-refractivity contribution < 1.29 is 0 Å². The normalized spacial score (nSPS) is 12.4. The molecule has 0 saturated carbocycles. The van der Waals surface area contributed by atoms with Crippen molar-refractivity contribution in [3.8, 4) is 0 Å². The highest BCUT2D eigenvalue weighted by Crippen LogP contribution is 2.27. The van der Waals surface area contributed by atoms with Crippen LogP contribution in [0.15, 0.2) is 58.6 Å². The van der Waals surface area contributed by atoms with E-state index < -0.39 is 0 Å². The van der Waals surface area contributed by atoms with E-state index in [-0.39, 0.29) is 6.04 Å². The molecule has 0 aliphatic carbocycles. The predicted octanol–water partition coefficient (Wildman–Crippen LogP) is 3.25. The fourth-order valence-corrected chi connectivity index (χ4v) is 2.18. The molecule has 1 aromatic carbocycles. The molecule has 2 rings (SSSR count). The Morgan fingerprint density at radius 3 is 2.12 bits per heavy atom. The van der Waals surface area contributed by atoms with E-state index in [0.717, 1.165) is 0 Å². The lowest BCUT2D eigenvalue weighted by atomic mass is 10.1. The molecule has 0 spiro atoms. The van der Waals surface area contributed by atoms with Crippen LogP contribution in [0.25, 0.3) is 0 Å². The second-order valence-electron chi connectivity index (χ2n) is 3.64. The highest BCUT2D eigenvalue weighted by molar-refractivity contribution is 7.99. The smallest absolute Gasteiger partial charge is 0.0279 e. The predicted molar refractivity (Wildman–Crippen MR) is 67.4 cm³/mol. The number of hydrogen-bond acceptors (Lipinski definition) is 3. The molecule has 16 heavy (non-hydrogen) atoms. The summed E-state index contributed by atoms with van der Waals surface area (Å²) in [7, 11) is 0. The molecule has 0 saturated heterocycles. The average Bonchev–Trinajstić information content (AvgIpc) is 2.31. The third kappa shape index (κ3) is 2.84. The van der Waals surface area contributed by atoms with Gasteiger partial charge in [-0.25, -0.2) is 0 Å². The van der Waals surface area contributed by atoms with Crippen molar-refractivity contribution in [2.75, 3.05) is 0 Å². The van der Waals surface area contributed by atoms with Gasteiger partial charge in [0.05, 0.1) is 0 Å². The van der Waals surface area contributed by atoms with Gasteiger partial charge in [0, 0.05) is 28.2 Å². The first-order chi connectivity index (χ1) is 7.75. The monoisotopic (exact) mass is 230 g/mol. The minimum absolute atomic E-state index is 0.0972. The van der Waals surface area contributed by atoms with Gasteiger partial charge >= 0.3 is 0 Å². The molecule has 0 fully saturated rings. The van der Waals surface area contributed by atoms with Crippen molar-refractivity contribution in [3.05, 3.63) is 54.4 Å². The number of nitrogens with zero attached hydrogens (tertiary/aromatic N) is 1. The highest BCUT2D eigenvalue weighted by Gasteiger charge is 2.00. The van der Waals surface area contributed by atoms with Gasteiger partial charge in [-0.1, -0.05) is 23.9 Å². The van der Waals surface area contributed by atoms with E-state index in [1.54, 1.807) is 24.2 Å². The number of nitrogens with two attached hydrogens (primary N) is 1. The van der Waals surface area contributed by atoms with Crippen LogP contribution in [-0.2, 0) is 0 Å². The van der Waals surface area contributed by atoms with Gasteiger partial charge in [0.2, 0.25) is 0 Å². The number of rotatable bonds is 3. The Labute approximate surface area is 99.9 Å². The maximum atomic E-state index is 5.80. The Kier molecular flexibility index (Phi) is 3.59. The summed E-state index contributed by atoms with van der Waals surface area (Å²) in [5.41, 5.74) is 6.97. The summed E-state index contributed by atoms with van der Waals surface area (Å²) in [6.45, 7) is 1.99. The van der Waals surface area contributed by atoms with Gasteiger partial charge in [-0.05, 0) is 36.8 Å². The standard InChI is InChI=1S/C13H14N2S/c1-10(14)11-2-4-12(5-3-11)16-13-6-8-15-9-7-13/h2-10H,14H2,1H3. The average molecular weight is 230 g/mol. The molecule has 0 bridgehead atoms. The van der Waals surface area contributed by atoms with Gasteiger partial charge in [-0.2, -0.15) is 0 Å². The lowest BCUT2D eigenvalue weighted by molar-refractivity contribution is 0.817. The van der Waals surface area contributed by atoms with Crippen LogP contribution < -0.4 is 5.73 Å². The molecule has 82 valence electrons. The third-order valence-electron chi connectivity index (χ3n) is 2.29. The van der Waals surface area contributed by atoms with E-state index in [2.05, 4.69) is 29.2 Å². The van der Waals surface area contributed by atoms with Crippen molar-refractivity contribution in [2.45, 2.75) is 22.8 Å². The maximum Gasteiger partial charge on any atom is 0.0279 e. The fourth-order valence-electron chi connectivity index (χ4n) is 1.38. The molecule has 0 radical (unpaired) electrons. The Hall–Kier alpha value is -1.32. The number of benzene rings is 1. The summed E-state index contributed by atoms with van der Waals surface area (Å²) in [6, 6.07) is 12.5. The van der Waals surface area contributed by atoms with Crippen LogP contribution in [0.3, 0.4) is 0 Å². The van der Waals surface area contributed by atoms with E-state index in [4.69, 9.17) is 5.73 Å². The Morgan fingerprint density at radius 1 is 1.00 bits per heavy atom. The molecule has 1 atom stereocenters. The number of hydrogen-bond donors (Lipinski definition) is 1. The topological polar surface area (TPSA) is 38.9 Å². The number of pyridine rings is 1. The minimum Gasteiger partial charge on any atom is -0.324 e. The lowest BCUT2D eigenvalue weighted by Gasteiger charge is -2.06. The van der Waals surface area contributed by atoms with Gasteiger partial charge in [-0.15, -0.1) is 0 Å². The second kappa shape index (κ2) is 5.14. The first-order valence-corrected chi connectivity index (χ1v) is 6.01. The summed E-state index contributed by atoms with van der Waals surface area (Å²) in [4.78, 5) is 6.41. The molecule has 2 aromatic rings. The Morgan fingerprint density at radius 2 is 1.56 bits per heavy atom. The summed E-state index contributed by atoms with van der Waals surface area (Å²) in [5, 5.41) is 0. The van der Waals surface area contributed by atoms with E-state index in [1.807, 2.05) is 19.1 Å². The maximum absolute atomic E-state index is 5.80. The van der Waals surface area contributed by atoms with Crippen LogP contribution >= 0.6 is 11.8 Å². The number of aromatic nitrogens is 1. The summed E-state index contributed by atoms with van der Waals surface area (Å²) in [6.07, 6.45) is 3.61. The zero-order valence-corrected chi connectivity index (χ0v) is 9.95. The second-order valence-corrected chi connectivity index (χ2v) is 4.79. The fraction of sp³-hybridized carbons (Fsp3) is 0.154. The molecule has 0 amide bonds. The van der Waals surface area contributed by atoms with Crippen LogP contribution in [0.4, 0.5) is 0 Å².